The van der Waals surface area contributed by atoms with Gasteiger partial charge in [0.15, 0.2) is 5.82 Å². The lowest BCUT2D eigenvalue weighted by molar-refractivity contribution is 0.414. The van der Waals surface area contributed by atoms with E-state index in [0.29, 0.717) is 11.3 Å². The van der Waals surface area contributed by atoms with E-state index in [9.17, 15) is 26.8 Å². The molecule has 16 heteroatoms. The highest BCUT2D eigenvalue weighted by atomic mass is 35.5. The molecule has 0 unspecified atom stereocenters. The van der Waals surface area contributed by atoms with Gasteiger partial charge in [0.1, 0.15) is 28.9 Å². The third-order valence-corrected chi connectivity index (χ3v) is 9.17. The molecule has 3 aromatic heterocycles. The van der Waals surface area contributed by atoms with Crippen molar-refractivity contribution in [1.29, 1.82) is 0 Å². The normalized spacial score (nSPS) is 12.5. The first kappa shape index (κ1) is 32.8. The highest BCUT2D eigenvalue weighted by Gasteiger charge is 2.29. The predicted molar refractivity (Wildman–Crippen MR) is 178 cm³/mol. The number of hydrogen-bond donors (Lipinski definition) is 2. The van der Waals surface area contributed by atoms with Gasteiger partial charge in [-0.05, 0) is 60.0 Å². The lowest BCUT2D eigenvalue weighted by Crippen LogP contribution is -2.30. The van der Waals surface area contributed by atoms with Crippen LogP contribution in [0.3, 0.4) is 0 Å². The zero-order valence-electron chi connectivity index (χ0n) is 25.7. The Hall–Kier alpha value is -5.12. The third-order valence-electron chi connectivity index (χ3n) is 7.76. The van der Waals surface area contributed by atoms with Crippen LogP contribution >= 0.6 is 11.6 Å². The molecule has 0 spiro atoms. The Morgan fingerprint density at radius 2 is 1.71 bits per heavy atom. The van der Waals surface area contributed by atoms with E-state index < -0.39 is 38.8 Å². The first-order valence-electron chi connectivity index (χ1n) is 14.4. The summed E-state index contributed by atoms with van der Waals surface area (Å²) < 4.78 is 63.5. The summed E-state index contributed by atoms with van der Waals surface area (Å²) in [6, 6.07) is 14.2. The molecule has 0 bridgehead atoms. The van der Waals surface area contributed by atoms with Crippen molar-refractivity contribution < 1.29 is 21.9 Å². The number of aryl methyl sites for hydroxylation is 1. The molecule has 0 fully saturated rings. The van der Waals surface area contributed by atoms with Crippen LogP contribution in [0.1, 0.15) is 23.0 Å². The number of fused-ring (bicyclic) bond motifs is 2. The van der Waals surface area contributed by atoms with E-state index in [2.05, 4.69) is 15.1 Å². The number of anilines is 1. The van der Waals surface area contributed by atoms with Gasteiger partial charge in [0.25, 0.3) is 5.56 Å². The van der Waals surface area contributed by atoms with Gasteiger partial charge in [-0.25, -0.2) is 26.5 Å². The molecule has 0 aliphatic heterocycles. The van der Waals surface area contributed by atoms with Crippen molar-refractivity contribution in [2.24, 2.45) is 12.8 Å². The first-order chi connectivity index (χ1) is 22.7. The number of nitrogens with two attached hydrogens (primary N) is 1. The zero-order chi connectivity index (χ0) is 34.5. The Balaban J connectivity index is 1.59. The van der Waals surface area contributed by atoms with Crippen molar-refractivity contribution in [3.63, 3.8) is 0 Å². The van der Waals surface area contributed by atoms with Gasteiger partial charge in [-0.1, -0.05) is 23.7 Å². The summed E-state index contributed by atoms with van der Waals surface area (Å²) in [5, 5.41) is 4.97. The molecule has 0 amide bonds. The Bertz CT molecular complexity index is 2430. The molecule has 0 aliphatic carbocycles. The van der Waals surface area contributed by atoms with Gasteiger partial charge in [-0.2, -0.15) is 5.10 Å². The molecule has 0 aliphatic rings. The number of methoxy groups -OCH3 is 1. The average molecular weight is 696 g/mol. The van der Waals surface area contributed by atoms with Crippen LogP contribution in [0.15, 0.2) is 76.3 Å². The van der Waals surface area contributed by atoms with E-state index in [1.165, 1.54) is 40.6 Å². The van der Waals surface area contributed by atoms with Crippen molar-refractivity contribution >= 4 is 49.4 Å². The van der Waals surface area contributed by atoms with E-state index in [-0.39, 0.29) is 62.8 Å². The quantitative estimate of drug-likeness (QED) is 0.229. The second kappa shape index (κ2) is 12.5. The maximum absolute atomic E-state index is 14.2. The number of H-pyrrole nitrogens is 1. The minimum Gasteiger partial charge on any atom is -0.497 e. The van der Waals surface area contributed by atoms with Crippen molar-refractivity contribution in [3.05, 3.63) is 121 Å². The number of rotatable bonds is 9. The summed E-state index contributed by atoms with van der Waals surface area (Å²) in [5.74, 6) is -1.07. The molecule has 6 aromatic rings. The van der Waals surface area contributed by atoms with Crippen LogP contribution in [0.5, 0.6) is 5.75 Å². The SMILES string of the molecule is COc1ccc(CN(c2nn(C)c3c(-n4c([C@@H](N)Cc5cc(F)cc(F)c5)nc5[nH]c(=O)ccc5c4=O)ccc(Cl)c23)S(C)(=O)=O)cc1. The minimum atomic E-state index is -3.94. The Kier molecular flexibility index (Phi) is 8.53. The highest BCUT2D eigenvalue weighted by molar-refractivity contribution is 7.92. The van der Waals surface area contributed by atoms with Crippen LogP contribution in [0.2, 0.25) is 5.02 Å². The van der Waals surface area contributed by atoms with E-state index in [1.807, 2.05) is 0 Å². The van der Waals surface area contributed by atoms with Crippen LogP contribution in [-0.2, 0) is 30.0 Å². The van der Waals surface area contributed by atoms with Crippen LogP contribution in [0.25, 0.3) is 27.6 Å². The number of nitrogens with one attached hydrogen (secondary N) is 1. The number of hydrogen-bond acceptors (Lipinski definition) is 8. The Morgan fingerprint density at radius 3 is 2.35 bits per heavy atom. The van der Waals surface area contributed by atoms with Gasteiger partial charge in [-0.3, -0.25) is 18.8 Å². The molecule has 248 valence electrons. The maximum Gasteiger partial charge on any atom is 0.267 e. The maximum atomic E-state index is 14.2. The van der Waals surface area contributed by atoms with Crippen molar-refractivity contribution in [2.45, 2.75) is 19.0 Å². The standard InChI is InChI=1S/C32H28ClF2N7O5S/c1-40-28-25(10-9-23(33)27(28)31(39-40)41(48(3,45)46)16-17-4-6-21(47-2)7-5-17)42-30(24(36)14-18-12-19(34)15-20(35)13-18)38-29-22(32(42)44)8-11-26(43)37-29/h4-13,15,24H,14,16,36H2,1-3H3,(H,37,43)/t24-/m0/s1. The number of sulfonamides is 1. The summed E-state index contributed by atoms with van der Waals surface area (Å²) in [6.45, 7) is -0.0966. The second-order valence-corrected chi connectivity index (χ2v) is 13.5. The largest absolute Gasteiger partial charge is 0.497 e. The monoisotopic (exact) mass is 695 g/mol. The second-order valence-electron chi connectivity index (χ2n) is 11.1. The minimum absolute atomic E-state index is 0.00452. The van der Waals surface area contributed by atoms with Crippen LogP contribution in [0, 0.1) is 11.6 Å². The van der Waals surface area contributed by atoms with E-state index in [0.717, 1.165) is 28.8 Å². The summed E-state index contributed by atoms with van der Waals surface area (Å²) in [6.07, 6.45) is 0.903. The molecular weight excluding hydrogens is 668 g/mol. The lowest BCUT2D eigenvalue weighted by atomic mass is 10.0. The molecule has 6 rings (SSSR count). The van der Waals surface area contributed by atoms with Crippen LogP contribution < -0.4 is 25.9 Å². The molecule has 3 N–H and O–H groups in total. The summed E-state index contributed by atoms with van der Waals surface area (Å²) in [5.41, 5.74) is 6.70. The fraction of sp³-hybridized carbons (Fsp3) is 0.188. The molecule has 48 heavy (non-hydrogen) atoms. The number of aromatic nitrogens is 5. The van der Waals surface area contributed by atoms with E-state index in [4.69, 9.17) is 22.1 Å². The fourth-order valence-corrected chi connectivity index (χ4v) is 6.67. The van der Waals surface area contributed by atoms with Crippen molar-refractivity contribution in [1.82, 2.24) is 24.3 Å². The van der Waals surface area contributed by atoms with Gasteiger partial charge in [0.05, 0.1) is 53.0 Å². The zero-order valence-corrected chi connectivity index (χ0v) is 27.3. The molecule has 0 saturated heterocycles. The number of aromatic amines is 1. The smallest absolute Gasteiger partial charge is 0.267 e. The number of pyridine rings is 1. The summed E-state index contributed by atoms with van der Waals surface area (Å²) in [4.78, 5) is 33.4. The van der Waals surface area contributed by atoms with Gasteiger partial charge < -0.3 is 15.5 Å². The molecule has 0 radical (unpaired) electrons. The average Bonchev–Trinajstić information content (AvgIpc) is 3.36. The summed E-state index contributed by atoms with van der Waals surface area (Å²) >= 11 is 6.73. The van der Waals surface area contributed by atoms with E-state index in [1.54, 1.807) is 31.3 Å². The summed E-state index contributed by atoms with van der Waals surface area (Å²) in [7, 11) is -0.855. The molecule has 1 atom stereocenters. The molecule has 12 nitrogen and oxygen atoms in total. The number of ether oxygens (including phenoxy) is 1. The van der Waals surface area contributed by atoms with Gasteiger partial charge >= 0.3 is 0 Å². The fourth-order valence-electron chi connectivity index (χ4n) is 5.61. The van der Waals surface area contributed by atoms with Crippen LogP contribution in [-0.4, -0.2) is 46.1 Å². The van der Waals surface area contributed by atoms with E-state index >= 15 is 0 Å². The lowest BCUT2D eigenvalue weighted by Gasteiger charge is -2.21. The molecule has 3 aromatic carbocycles. The number of nitrogens with zero attached hydrogens (tertiary/aromatic N) is 5. The molecular formula is C32H28ClF2N7O5S. The number of benzene rings is 3. The Labute approximate surface area is 277 Å². The first-order valence-corrected chi connectivity index (χ1v) is 16.6. The van der Waals surface area contributed by atoms with Gasteiger partial charge in [-0.15, -0.1) is 0 Å². The van der Waals surface area contributed by atoms with Gasteiger partial charge in [0, 0.05) is 19.2 Å². The predicted octanol–water partition coefficient (Wildman–Crippen LogP) is 4.11. The van der Waals surface area contributed by atoms with Gasteiger partial charge in [0.2, 0.25) is 15.6 Å². The number of halogens is 3. The highest BCUT2D eigenvalue weighted by Crippen LogP contribution is 2.38. The molecule has 3 heterocycles. The third kappa shape index (κ3) is 6.14. The Morgan fingerprint density at radius 1 is 1.02 bits per heavy atom. The van der Waals surface area contributed by atoms with Crippen molar-refractivity contribution in [2.75, 3.05) is 17.7 Å². The van der Waals surface area contributed by atoms with Crippen LogP contribution in [0.4, 0.5) is 14.6 Å². The molecule has 0 saturated carbocycles. The topological polar surface area (TPSA) is 158 Å². The van der Waals surface area contributed by atoms with Crippen molar-refractivity contribution in [3.8, 4) is 11.4 Å².